The van der Waals surface area contributed by atoms with E-state index in [4.69, 9.17) is 4.74 Å². The molecule has 0 bridgehead atoms. The van der Waals surface area contributed by atoms with Crippen molar-refractivity contribution in [3.8, 4) is 5.75 Å². The summed E-state index contributed by atoms with van der Waals surface area (Å²) < 4.78 is 5.18. The summed E-state index contributed by atoms with van der Waals surface area (Å²) >= 11 is 0. The van der Waals surface area contributed by atoms with Gasteiger partial charge in [0.15, 0.2) is 0 Å². The zero-order valence-electron chi connectivity index (χ0n) is 16.8. The van der Waals surface area contributed by atoms with Gasteiger partial charge in [-0.05, 0) is 29.8 Å². The number of methoxy groups -OCH3 is 1. The number of piperazine rings is 1. The third-order valence-electron chi connectivity index (χ3n) is 5.79. The van der Waals surface area contributed by atoms with E-state index >= 15 is 0 Å². The molecule has 0 radical (unpaired) electrons. The van der Waals surface area contributed by atoms with Gasteiger partial charge in [-0.25, -0.2) is 0 Å². The smallest absolute Gasteiger partial charge is 0.228 e. The summed E-state index contributed by atoms with van der Waals surface area (Å²) in [6.07, 6.45) is 0.287. The van der Waals surface area contributed by atoms with Gasteiger partial charge in [0.05, 0.1) is 13.0 Å². The molecule has 2 amide bonds. The first-order chi connectivity index (χ1) is 14.1. The Morgan fingerprint density at radius 3 is 2.34 bits per heavy atom. The van der Waals surface area contributed by atoms with Crippen LogP contribution in [0.25, 0.3) is 0 Å². The average Bonchev–Trinajstić information content (AvgIpc) is 3.16. The first kappa shape index (κ1) is 19.5. The van der Waals surface area contributed by atoms with Crippen molar-refractivity contribution in [2.75, 3.05) is 44.7 Å². The fourth-order valence-corrected chi connectivity index (χ4v) is 4.11. The van der Waals surface area contributed by atoms with Crippen molar-refractivity contribution in [1.29, 1.82) is 0 Å². The highest BCUT2D eigenvalue weighted by atomic mass is 16.5. The van der Waals surface area contributed by atoms with Crippen molar-refractivity contribution in [2.24, 2.45) is 5.92 Å². The second kappa shape index (κ2) is 8.66. The molecule has 29 heavy (non-hydrogen) atoms. The molecule has 2 aliphatic rings. The SMILES string of the molecule is COc1ccc(N2C[C@@H](C(=O)N3CCN(Cc4ccccc4)CC3)CC2=O)cc1. The second-order valence-corrected chi connectivity index (χ2v) is 7.69. The number of carbonyl (C=O) groups excluding carboxylic acids is 2. The van der Waals surface area contributed by atoms with Gasteiger partial charge in [-0.3, -0.25) is 14.5 Å². The van der Waals surface area contributed by atoms with Crippen molar-refractivity contribution < 1.29 is 14.3 Å². The minimum absolute atomic E-state index is 0.0104. The second-order valence-electron chi connectivity index (χ2n) is 7.69. The number of hydrogen-bond donors (Lipinski definition) is 0. The monoisotopic (exact) mass is 393 g/mol. The fraction of sp³-hybridized carbons (Fsp3) is 0.391. The Kier molecular flexibility index (Phi) is 5.81. The van der Waals surface area contributed by atoms with Crippen LogP contribution in [-0.4, -0.2) is 61.4 Å². The first-order valence-electron chi connectivity index (χ1n) is 10.1. The molecule has 2 heterocycles. The van der Waals surface area contributed by atoms with E-state index in [0.717, 1.165) is 44.2 Å². The van der Waals surface area contributed by atoms with Crippen LogP contribution in [-0.2, 0) is 16.1 Å². The van der Waals surface area contributed by atoms with Gasteiger partial charge in [0, 0.05) is 51.4 Å². The summed E-state index contributed by atoms with van der Waals surface area (Å²) in [5.41, 5.74) is 2.11. The highest BCUT2D eigenvalue weighted by Crippen LogP contribution is 2.28. The summed E-state index contributed by atoms with van der Waals surface area (Å²) in [5, 5.41) is 0. The quantitative estimate of drug-likeness (QED) is 0.783. The molecule has 0 N–H and O–H groups in total. The van der Waals surface area contributed by atoms with Crippen molar-refractivity contribution >= 4 is 17.5 Å². The third-order valence-corrected chi connectivity index (χ3v) is 5.79. The van der Waals surface area contributed by atoms with E-state index < -0.39 is 0 Å². The minimum Gasteiger partial charge on any atom is -0.497 e. The van der Waals surface area contributed by atoms with Crippen LogP contribution in [0.1, 0.15) is 12.0 Å². The standard InChI is InChI=1S/C23H27N3O3/c1-29-21-9-7-20(8-10-21)26-17-19(15-22(26)27)23(28)25-13-11-24(12-14-25)16-18-5-3-2-4-6-18/h2-10,19H,11-17H2,1H3/t19-/m0/s1. The number of anilines is 1. The molecule has 4 rings (SSSR count). The van der Waals surface area contributed by atoms with Gasteiger partial charge in [-0.2, -0.15) is 0 Å². The van der Waals surface area contributed by atoms with Crippen LogP contribution in [0.15, 0.2) is 54.6 Å². The van der Waals surface area contributed by atoms with Crippen LogP contribution in [0.4, 0.5) is 5.69 Å². The predicted molar refractivity (Wildman–Crippen MR) is 112 cm³/mol. The maximum Gasteiger partial charge on any atom is 0.228 e. The molecule has 1 atom stereocenters. The Labute approximate surface area is 171 Å². The van der Waals surface area contributed by atoms with E-state index in [-0.39, 0.29) is 24.2 Å². The summed E-state index contributed by atoms with van der Waals surface area (Å²) in [6, 6.07) is 17.8. The number of ether oxygens (including phenoxy) is 1. The Morgan fingerprint density at radius 2 is 1.69 bits per heavy atom. The Morgan fingerprint density at radius 1 is 1.00 bits per heavy atom. The maximum atomic E-state index is 13.0. The molecule has 2 aromatic rings. The van der Waals surface area contributed by atoms with E-state index in [2.05, 4.69) is 29.2 Å². The molecule has 6 heteroatoms. The zero-order valence-corrected chi connectivity index (χ0v) is 16.8. The van der Waals surface area contributed by atoms with Crippen molar-refractivity contribution in [1.82, 2.24) is 9.80 Å². The van der Waals surface area contributed by atoms with Crippen molar-refractivity contribution in [2.45, 2.75) is 13.0 Å². The lowest BCUT2D eigenvalue weighted by molar-refractivity contribution is -0.137. The molecule has 2 fully saturated rings. The third kappa shape index (κ3) is 4.43. The lowest BCUT2D eigenvalue weighted by Gasteiger charge is -2.36. The van der Waals surface area contributed by atoms with E-state index in [1.54, 1.807) is 12.0 Å². The fourth-order valence-electron chi connectivity index (χ4n) is 4.11. The van der Waals surface area contributed by atoms with Crippen LogP contribution in [0.3, 0.4) is 0 Å². The molecule has 0 saturated carbocycles. The highest BCUT2D eigenvalue weighted by Gasteiger charge is 2.37. The molecular weight excluding hydrogens is 366 g/mol. The van der Waals surface area contributed by atoms with Gasteiger partial charge in [0.2, 0.25) is 11.8 Å². The van der Waals surface area contributed by atoms with E-state index in [0.29, 0.717) is 6.54 Å². The average molecular weight is 393 g/mol. The molecule has 6 nitrogen and oxygen atoms in total. The highest BCUT2D eigenvalue weighted by molar-refractivity contribution is 6.00. The van der Waals surface area contributed by atoms with Gasteiger partial charge in [0.1, 0.15) is 5.75 Å². The van der Waals surface area contributed by atoms with Crippen molar-refractivity contribution in [3.05, 3.63) is 60.2 Å². The summed E-state index contributed by atoms with van der Waals surface area (Å²) in [6.45, 7) is 4.54. The van der Waals surface area contributed by atoms with E-state index in [1.165, 1.54) is 5.56 Å². The lowest BCUT2D eigenvalue weighted by atomic mass is 10.1. The predicted octanol–water partition coefficient (Wildman–Crippen LogP) is 2.39. The van der Waals surface area contributed by atoms with E-state index in [9.17, 15) is 9.59 Å². The van der Waals surface area contributed by atoms with Crippen LogP contribution in [0.5, 0.6) is 5.75 Å². The Bertz CT molecular complexity index is 845. The Balaban J connectivity index is 1.31. The van der Waals surface area contributed by atoms with Crippen LogP contribution in [0, 0.1) is 5.92 Å². The molecular formula is C23H27N3O3. The van der Waals surface area contributed by atoms with Gasteiger partial charge in [-0.15, -0.1) is 0 Å². The number of rotatable bonds is 5. The number of nitrogens with zero attached hydrogens (tertiary/aromatic N) is 3. The number of benzene rings is 2. The molecule has 152 valence electrons. The molecule has 0 aromatic heterocycles. The topological polar surface area (TPSA) is 53.1 Å². The van der Waals surface area contributed by atoms with Gasteiger partial charge in [0.25, 0.3) is 0 Å². The molecule has 0 spiro atoms. The van der Waals surface area contributed by atoms with Gasteiger partial charge in [-0.1, -0.05) is 30.3 Å². The molecule has 2 saturated heterocycles. The lowest BCUT2D eigenvalue weighted by Crippen LogP contribution is -2.50. The van der Waals surface area contributed by atoms with Gasteiger partial charge < -0.3 is 14.5 Å². The first-order valence-corrected chi connectivity index (χ1v) is 10.1. The summed E-state index contributed by atoms with van der Waals surface area (Å²) in [5.74, 6) is 0.608. The van der Waals surface area contributed by atoms with Crippen LogP contribution < -0.4 is 9.64 Å². The molecule has 2 aliphatic heterocycles. The van der Waals surface area contributed by atoms with Crippen molar-refractivity contribution in [3.63, 3.8) is 0 Å². The number of carbonyl (C=O) groups is 2. The molecule has 0 aliphatic carbocycles. The summed E-state index contributed by atoms with van der Waals surface area (Å²) in [7, 11) is 1.62. The zero-order chi connectivity index (χ0) is 20.2. The Hall–Kier alpha value is -2.86. The number of hydrogen-bond acceptors (Lipinski definition) is 4. The maximum absolute atomic E-state index is 13.0. The van der Waals surface area contributed by atoms with E-state index in [1.807, 2.05) is 35.2 Å². The largest absolute Gasteiger partial charge is 0.497 e. The van der Waals surface area contributed by atoms with Crippen LogP contribution >= 0.6 is 0 Å². The van der Waals surface area contributed by atoms with Gasteiger partial charge >= 0.3 is 0 Å². The normalized spacial score (nSPS) is 20.2. The molecule has 2 aromatic carbocycles. The van der Waals surface area contributed by atoms with Crippen LogP contribution in [0.2, 0.25) is 0 Å². The summed E-state index contributed by atoms with van der Waals surface area (Å²) in [4.78, 5) is 31.5. The molecule has 0 unspecified atom stereocenters. The number of amides is 2. The minimum atomic E-state index is -0.259.